The molecule has 2 rings (SSSR count). The van der Waals surface area contributed by atoms with E-state index in [1.165, 1.54) is 19.2 Å². The molecule has 0 fully saturated rings. The fraction of sp³-hybridized carbons (Fsp3) is 0.143. The lowest BCUT2D eigenvalue weighted by Crippen LogP contribution is -2.09. The van der Waals surface area contributed by atoms with Crippen LogP contribution in [0.15, 0.2) is 51.8 Å². The fourth-order valence-corrected chi connectivity index (χ4v) is 3.29. The predicted octanol–water partition coefficient (Wildman–Crippen LogP) is 3.53. The number of halogens is 1. The summed E-state index contributed by atoms with van der Waals surface area (Å²) in [6.07, 6.45) is 0. The molecule has 0 heterocycles. The Morgan fingerprint density at radius 1 is 1.10 bits per heavy atom. The Bertz CT molecular complexity index is 726. The lowest BCUT2D eigenvalue weighted by Gasteiger charge is -2.09. The molecule has 0 saturated heterocycles. The number of ether oxygens (including phenoxy) is 1. The lowest BCUT2D eigenvalue weighted by atomic mass is 10.2. The molecule has 20 heavy (non-hydrogen) atoms. The van der Waals surface area contributed by atoms with Gasteiger partial charge in [-0.2, -0.15) is 8.42 Å². The minimum atomic E-state index is -3.86. The monoisotopic (exact) mass is 356 g/mol. The Kier molecular flexibility index (Phi) is 4.35. The van der Waals surface area contributed by atoms with Crippen molar-refractivity contribution in [2.75, 3.05) is 7.11 Å². The van der Waals surface area contributed by atoms with Gasteiger partial charge in [0.05, 0.1) is 11.6 Å². The highest BCUT2D eigenvalue weighted by Crippen LogP contribution is 2.28. The molecule has 0 spiro atoms. The second-order valence-corrected chi connectivity index (χ2v) is 6.55. The van der Waals surface area contributed by atoms with Crippen LogP contribution in [0.25, 0.3) is 0 Å². The first-order chi connectivity index (χ1) is 9.42. The van der Waals surface area contributed by atoms with Crippen LogP contribution >= 0.6 is 15.9 Å². The second-order valence-electron chi connectivity index (χ2n) is 4.15. The molecule has 0 aliphatic carbocycles. The predicted molar refractivity (Wildman–Crippen MR) is 79.7 cm³/mol. The van der Waals surface area contributed by atoms with E-state index in [9.17, 15) is 8.42 Å². The van der Waals surface area contributed by atoms with Crippen LogP contribution in [0.3, 0.4) is 0 Å². The van der Waals surface area contributed by atoms with Crippen molar-refractivity contribution in [3.8, 4) is 11.5 Å². The minimum absolute atomic E-state index is 0.0617. The molecule has 4 nitrogen and oxygen atoms in total. The van der Waals surface area contributed by atoms with Gasteiger partial charge in [0, 0.05) is 0 Å². The van der Waals surface area contributed by atoms with E-state index < -0.39 is 10.1 Å². The molecule has 2 aromatic carbocycles. The standard InChI is InChI=1S/C14H13BrO4S/c1-10-4-3-5-11(8-10)19-20(16,17)12-6-7-14(18-2)13(15)9-12/h3-9H,1-2H3. The number of benzene rings is 2. The molecule has 0 amide bonds. The number of rotatable bonds is 4. The molecule has 0 aliphatic heterocycles. The third kappa shape index (κ3) is 3.32. The van der Waals surface area contributed by atoms with Crippen molar-refractivity contribution >= 4 is 26.0 Å². The van der Waals surface area contributed by atoms with Crippen LogP contribution in [-0.2, 0) is 10.1 Å². The minimum Gasteiger partial charge on any atom is -0.496 e. The first-order valence-corrected chi connectivity index (χ1v) is 7.97. The van der Waals surface area contributed by atoms with E-state index in [1.807, 2.05) is 13.0 Å². The van der Waals surface area contributed by atoms with E-state index in [4.69, 9.17) is 8.92 Å². The van der Waals surface area contributed by atoms with Gasteiger partial charge in [0.25, 0.3) is 0 Å². The van der Waals surface area contributed by atoms with E-state index in [-0.39, 0.29) is 10.6 Å². The summed E-state index contributed by atoms with van der Waals surface area (Å²) in [5, 5.41) is 0. The SMILES string of the molecule is COc1ccc(S(=O)(=O)Oc2cccc(C)c2)cc1Br. The third-order valence-electron chi connectivity index (χ3n) is 2.61. The maximum absolute atomic E-state index is 12.2. The third-order valence-corrected chi connectivity index (χ3v) is 4.47. The van der Waals surface area contributed by atoms with Gasteiger partial charge >= 0.3 is 10.1 Å². The Balaban J connectivity index is 2.33. The number of hydrogen-bond donors (Lipinski definition) is 0. The average molecular weight is 357 g/mol. The summed E-state index contributed by atoms with van der Waals surface area (Å²) in [6.45, 7) is 1.86. The van der Waals surface area contributed by atoms with Gasteiger partial charge in [0.15, 0.2) is 0 Å². The molecule has 0 aromatic heterocycles. The van der Waals surface area contributed by atoms with Crippen LogP contribution in [0.2, 0.25) is 0 Å². The van der Waals surface area contributed by atoms with Gasteiger partial charge < -0.3 is 8.92 Å². The summed E-state index contributed by atoms with van der Waals surface area (Å²) < 4.78 is 35.1. The molecule has 2 aromatic rings. The first kappa shape index (κ1) is 14.9. The Morgan fingerprint density at radius 3 is 2.45 bits per heavy atom. The molecule has 0 N–H and O–H groups in total. The number of methoxy groups -OCH3 is 1. The summed E-state index contributed by atoms with van der Waals surface area (Å²) in [4.78, 5) is 0.0617. The van der Waals surface area contributed by atoms with Gasteiger partial charge in [-0.25, -0.2) is 0 Å². The second kappa shape index (κ2) is 5.85. The molecule has 0 aliphatic rings. The van der Waals surface area contributed by atoms with E-state index in [0.29, 0.717) is 10.2 Å². The van der Waals surface area contributed by atoms with E-state index in [0.717, 1.165) is 5.56 Å². The molecule has 0 atom stereocenters. The zero-order valence-electron chi connectivity index (χ0n) is 11.0. The van der Waals surface area contributed by atoms with E-state index >= 15 is 0 Å². The molecule has 0 bridgehead atoms. The van der Waals surface area contributed by atoms with Crippen molar-refractivity contribution in [2.24, 2.45) is 0 Å². The van der Waals surface area contributed by atoms with Crippen molar-refractivity contribution in [3.05, 3.63) is 52.5 Å². The maximum Gasteiger partial charge on any atom is 0.339 e. The molecule has 0 radical (unpaired) electrons. The van der Waals surface area contributed by atoms with Crippen LogP contribution in [-0.4, -0.2) is 15.5 Å². The van der Waals surface area contributed by atoms with Gasteiger partial charge in [0.2, 0.25) is 0 Å². The van der Waals surface area contributed by atoms with Crippen molar-refractivity contribution in [3.63, 3.8) is 0 Å². The van der Waals surface area contributed by atoms with Crippen LogP contribution in [0.4, 0.5) is 0 Å². The smallest absolute Gasteiger partial charge is 0.339 e. The topological polar surface area (TPSA) is 52.6 Å². The van der Waals surface area contributed by atoms with Gasteiger partial charge in [0.1, 0.15) is 16.4 Å². The Labute approximate surface area is 126 Å². The largest absolute Gasteiger partial charge is 0.496 e. The summed E-state index contributed by atoms with van der Waals surface area (Å²) in [5.41, 5.74) is 0.925. The van der Waals surface area contributed by atoms with Crippen LogP contribution in [0.1, 0.15) is 5.56 Å². The highest BCUT2D eigenvalue weighted by molar-refractivity contribution is 9.10. The lowest BCUT2D eigenvalue weighted by molar-refractivity contribution is 0.411. The molecular weight excluding hydrogens is 344 g/mol. The normalized spacial score (nSPS) is 11.2. The van der Waals surface area contributed by atoms with E-state index in [2.05, 4.69) is 15.9 Å². The number of hydrogen-bond acceptors (Lipinski definition) is 4. The van der Waals surface area contributed by atoms with Crippen LogP contribution in [0.5, 0.6) is 11.5 Å². The molecule has 0 unspecified atom stereocenters. The first-order valence-electron chi connectivity index (χ1n) is 5.77. The Morgan fingerprint density at radius 2 is 1.85 bits per heavy atom. The molecular formula is C14H13BrO4S. The van der Waals surface area contributed by atoms with Gasteiger partial charge in [-0.05, 0) is 58.7 Å². The van der Waals surface area contributed by atoms with Crippen molar-refractivity contribution in [1.29, 1.82) is 0 Å². The highest BCUT2D eigenvalue weighted by atomic mass is 79.9. The molecule has 0 saturated carbocycles. The summed E-state index contributed by atoms with van der Waals surface area (Å²) in [6, 6.07) is 11.3. The van der Waals surface area contributed by atoms with Gasteiger partial charge in [-0.3, -0.25) is 0 Å². The van der Waals surface area contributed by atoms with Crippen molar-refractivity contribution < 1.29 is 17.3 Å². The zero-order valence-corrected chi connectivity index (χ0v) is 13.4. The number of aryl methyl sites for hydroxylation is 1. The van der Waals surface area contributed by atoms with E-state index in [1.54, 1.807) is 24.3 Å². The quantitative estimate of drug-likeness (QED) is 0.786. The fourth-order valence-electron chi connectivity index (χ4n) is 1.64. The summed E-state index contributed by atoms with van der Waals surface area (Å²) in [5.74, 6) is 0.844. The van der Waals surface area contributed by atoms with Crippen molar-refractivity contribution in [2.45, 2.75) is 11.8 Å². The maximum atomic E-state index is 12.2. The molecule has 106 valence electrons. The Hall–Kier alpha value is -1.53. The average Bonchev–Trinajstić information content (AvgIpc) is 2.38. The van der Waals surface area contributed by atoms with Gasteiger partial charge in [-0.1, -0.05) is 12.1 Å². The summed E-state index contributed by atoms with van der Waals surface area (Å²) in [7, 11) is -2.35. The van der Waals surface area contributed by atoms with Crippen LogP contribution < -0.4 is 8.92 Å². The van der Waals surface area contributed by atoms with Crippen molar-refractivity contribution in [1.82, 2.24) is 0 Å². The highest BCUT2D eigenvalue weighted by Gasteiger charge is 2.18. The molecule has 6 heteroatoms. The summed E-state index contributed by atoms with van der Waals surface area (Å²) >= 11 is 3.25. The van der Waals surface area contributed by atoms with Gasteiger partial charge in [-0.15, -0.1) is 0 Å². The van der Waals surface area contributed by atoms with Crippen LogP contribution in [0, 0.1) is 6.92 Å². The zero-order chi connectivity index (χ0) is 14.8.